The van der Waals surface area contributed by atoms with Crippen molar-refractivity contribution >= 4 is 0 Å². The third kappa shape index (κ3) is 93.4. The van der Waals surface area contributed by atoms with Crippen LogP contribution in [0.2, 0.25) is 0 Å². The molecule has 41 valence electrons. The van der Waals surface area contributed by atoms with E-state index in [-0.39, 0.29) is 55.2 Å². The van der Waals surface area contributed by atoms with Crippen molar-refractivity contribution in [2.24, 2.45) is 0 Å². The normalized spacial score (nSPS) is 8.57. The van der Waals surface area contributed by atoms with E-state index >= 15 is 0 Å². The summed E-state index contributed by atoms with van der Waals surface area (Å²) in [4.78, 5) is 0. The Bertz CT molecular complexity index is 27.2. The molecule has 0 spiro atoms. The molecule has 0 aliphatic rings. The maximum Gasteiger partial charge on any atom is 0 e. The fourth-order valence-electron chi connectivity index (χ4n) is 0. The molecule has 0 atom stereocenters. The summed E-state index contributed by atoms with van der Waals surface area (Å²) >= 11 is 0. The molecular weight excluding hydrogens is 351 g/mol. The zero-order valence-corrected chi connectivity index (χ0v) is 10.5. The Balaban J connectivity index is -0.0000000800. The first-order valence-electron chi connectivity index (χ1n) is 1.75. The molecule has 0 aromatic carbocycles. The van der Waals surface area contributed by atoms with Crippen LogP contribution in [0.5, 0.6) is 0 Å². The molecule has 0 heterocycles. The van der Waals surface area contributed by atoms with E-state index in [2.05, 4.69) is 0 Å². The van der Waals surface area contributed by atoms with E-state index in [1.165, 1.54) is 0 Å². The van der Waals surface area contributed by atoms with Gasteiger partial charge in [-0.05, 0) is 0 Å². The van der Waals surface area contributed by atoms with Gasteiger partial charge in [-0.3, -0.25) is 0 Å². The van der Waals surface area contributed by atoms with Crippen LogP contribution in [-0.2, 0) is 18.6 Å². The number of hydrogen-bond acceptors (Lipinski definition) is 0. The first-order chi connectivity index (χ1) is 2.00. The van der Waals surface area contributed by atoms with E-state index in [0.717, 1.165) is 0 Å². The molecule has 1 radical (unpaired) electrons. The van der Waals surface area contributed by atoms with Gasteiger partial charge in [-0.1, -0.05) is 20.8 Å². The molecule has 1 nitrogen and oxygen atoms in total. The van der Waals surface area contributed by atoms with Crippen molar-refractivity contribution in [2.45, 2.75) is 26.3 Å². The summed E-state index contributed by atoms with van der Waals surface area (Å²) in [6.07, 6.45) is 0. The second-order valence-electron chi connectivity index (χ2n) is 2.25. The van der Waals surface area contributed by atoms with Crippen molar-refractivity contribution in [2.75, 3.05) is 0 Å². The van der Waals surface area contributed by atoms with Gasteiger partial charge in [0.1, 0.15) is 0 Å². The minimum Gasteiger partial charge on any atom is -0.673 e. The molecule has 0 saturated heterocycles. The fourth-order valence-corrected chi connectivity index (χ4v) is 0. The molecule has 1 N–H and O–H groups in total. The van der Waals surface area contributed by atoms with E-state index in [9.17, 15) is 0 Å². The summed E-state index contributed by atoms with van der Waals surface area (Å²) in [5, 5.41) is 0. The van der Waals surface area contributed by atoms with Gasteiger partial charge in [0.15, 0.2) is 0 Å². The van der Waals surface area contributed by atoms with E-state index in [4.69, 9.17) is 5.73 Å². The first kappa shape index (κ1) is 15.8. The number of rotatable bonds is 0. The average molecular weight is 361 g/mol. The molecule has 0 fully saturated rings. The van der Waals surface area contributed by atoms with Gasteiger partial charge < -0.3 is 5.73 Å². The Hall–Kier alpha value is 1.60. The van der Waals surface area contributed by atoms with Gasteiger partial charge in [-0.2, -0.15) is 0 Å². The second-order valence-corrected chi connectivity index (χ2v) is 2.25. The van der Waals surface area contributed by atoms with Crippen LogP contribution >= 0.6 is 0 Å². The van der Waals surface area contributed by atoms with Gasteiger partial charge in [-0.15, -0.1) is 5.54 Å². The summed E-state index contributed by atoms with van der Waals surface area (Å²) in [5.74, 6) is 0. The van der Waals surface area contributed by atoms with E-state index in [1.807, 2.05) is 20.8 Å². The van der Waals surface area contributed by atoms with Crippen molar-refractivity contribution in [1.82, 2.24) is 0 Å². The molecule has 0 unspecified atom stereocenters. The molecule has 0 saturated carbocycles. The minimum atomic E-state index is -0.250. The predicted molar refractivity (Wildman–Crippen MR) is 24.1 cm³/mol. The largest absolute Gasteiger partial charge is 0.673 e. The van der Waals surface area contributed by atoms with E-state index < -0.39 is 0 Å². The van der Waals surface area contributed by atoms with Crippen LogP contribution in [0.15, 0.2) is 0 Å². The maximum absolute atomic E-state index is 6.94. The van der Waals surface area contributed by atoms with Crippen LogP contribution in [0.4, 0.5) is 0 Å². The van der Waals surface area contributed by atoms with Crippen molar-refractivity contribution in [1.29, 1.82) is 0 Å². The van der Waals surface area contributed by atoms with E-state index in [0.29, 0.717) is 0 Å². The van der Waals surface area contributed by atoms with E-state index in [1.54, 1.807) is 0 Å². The van der Waals surface area contributed by atoms with Gasteiger partial charge >= 0.3 is 0 Å². The first-order valence-corrected chi connectivity index (χ1v) is 1.75. The SMILES string of the molecule is CC(C)(C)[NH-].[U].[V]. The van der Waals surface area contributed by atoms with Gasteiger partial charge in [0.2, 0.25) is 0 Å². The van der Waals surface area contributed by atoms with Gasteiger partial charge in [0.05, 0.1) is 0 Å². The molecule has 0 aromatic rings. The zero-order valence-electron chi connectivity index (χ0n) is 4.95. The Morgan fingerprint density at radius 3 is 1.14 bits per heavy atom. The van der Waals surface area contributed by atoms with Crippen LogP contribution in [0.1, 0.15) is 20.8 Å². The van der Waals surface area contributed by atoms with Crippen molar-refractivity contribution in [3.8, 4) is 0 Å². The second kappa shape index (κ2) is 5.73. The Labute approximate surface area is 81.1 Å². The van der Waals surface area contributed by atoms with Crippen LogP contribution in [0, 0.1) is 31.1 Å². The molecule has 3 heteroatoms. The van der Waals surface area contributed by atoms with Gasteiger partial charge in [0.25, 0.3) is 0 Å². The molecule has 0 amide bonds. The monoisotopic (exact) mass is 361 g/mol. The summed E-state index contributed by atoms with van der Waals surface area (Å²) in [6, 6.07) is 0. The number of nitrogens with one attached hydrogen (secondary N) is 1. The number of hydrogen-bond donors (Lipinski definition) is 0. The van der Waals surface area contributed by atoms with Gasteiger partial charge in [0, 0.05) is 49.7 Å². The molecule has 0 aliphatic heterocycles. The maximum atomic E-state index is 6.94. The fraction of sp³-hybridized carbons (Fsp3) is 1.00. The molecule has 0 bridgehead atoms. The molecular formula is C4H10NUV-. The van der Waals surface area contributed by atoms with Crippen molar-refractivity contribution in [3.05, 3.63) is 5.73 Å². The van der Waals surface area contributed by atoms with Crippen LogP contribution in [0.3, 0.4) is 0 Å². The quantitative estimate of drug-likeness (QED) is 0.629. The summed E-state index contributed by atoms with van der Waals surface area (Å²) in [5.41, 5.74) is 6.69. The standard InChI is InChI=1S/C4H10N.U.V/c1-4(2,3)5;;/h5H,1-3H3;;/q-1;;. The summed E-state index contributed by atoms with van der Waals surface area (Å²) < 4.78 is 0. The van der Waals surface area contributed by atoms with Crippen LogP contribution in [0.25, 0.3) is 5.73 Å². The third-order valence-corrected chi connectivity index (χ3v) is 0. The van der Waals surface area contributed by atoms with Crippen molar-refractivity contribution < 1.29 is 49.7 Å². The minimum absolute atomic E-state index is 0. The van der Waals surface area contributed by atoms with Crippen LogP contribution in [-0.4, -0.2) is 5.54 Å². The smallest absolute Gasteiger partial charge is 0 e. The van der Waals surface area contributed by atoms with Gasteiger partial charge in [-0.25, -0.2) is 0 Å². The third-order valence-electron chi connectivity index (χ3n) is 0. The average Bonchev–Trinajstić information content (AvgIpc) is 0.722. The van der Waals surface area contributed by atoms with Crippen LogP contribution < -0.4 is 0 Å². The Morgan fingerprint density at radius 1 is 1.14 bits per heavy atom. The van der Waals surface area contributed by atoms with Crippen molar-refractivity contribution in [3.63, 3.8) is 0 Å². The summed E-state index contributed by atoms with van der Waals surface area (Å²) in [7, 11) is 0. The Kier molecular flexibility index (Phi) is 13.0. The molecule has 7 heavy (non-hydrogen) atoms. The molecule has 0 aliphatic carbocycles. The molecule has 0 rings (SSSR count). The zero-order chi connectivity index (χ0) is 4.50. The molecule has 0 aromatic heterocycles. The topological polar surface area (TPSA) is 23.8 Å². The summed E-state index contributed by atoms with van der Waals surface area (Å²) in [6.45, 7) is 5.56. The Morgan fingerprint density at radius 2 is 1.14 bits per heavy atom. The predicted octanol–water partition coefficient (Wildman–Crippen LogP) is 1.83.